The molecule has 2 aromatic carbocycles. The molecule has 1 aliphatic heterocycles. The molecule has 4 nitrogen and oxygen atoms in total. The standard InChI is InChI=1S/C38H30F10N4/c1-35(2)15-7-11-19(49-15)37(5,23-25(39)29(43)33(47)30(44)26(23)40)21-13-9-17(51-21)36(3,4)18-10-14-22(52-18)38(6,20-12-8-16(35)50-20)24-27(41)31(45)34(48)32(46)28(24)42/h7-14,49-52H,1-6H3. The summed E-state index contributed by atoms with van der Waals surface area (Å²) in [6, 6.07) is 12.0. The second kappa shape index (κ2) is 11.2. The SMILES string of the molecule is CC1(C)c2ccc([nH]2)C(C)(c2c(F)c(F)c(F)c(F)c2F)c2ccc([nH]2)C(C)(C)c2ccc([nH]2)C(C)(c2c(F)c(F)c(F)c(F)c2F)c2ccc1[nH]2. The predicted octanol–water partition coefficient (Wildman–Crippen LogP) is 10.1. The highest BCUT2D eigenvalue weighted by Crippen LogP contribution is 2.47. The number of aromatic nitrogens is 4. The Morgan fingerprint density at radius 1 is 0.288 bits per heavy atom. The molecule has 4 N–H and O–H groups in total. The number of fused-ring (bicyclic) bond motifs is 8. The van der Waals surface area contributed by atoms with Gasteiger partial charge in [0.25, 0.3) is 0 Å². The van der Waals surface area contributed by atoms with E-state index in [9.17, 15) is 26.3 Å². The van der Waals surface area contributed by atoms with Gasteiger partial charge in [0.1, 0.15) is 0 Å². The summed E-state index contributed by atoms with van der Waals surface area (Å²) in [5, 5.41) is 0. The molecule has 0 saturated carbocycles. The summed E-state index contributed by atoms with van der Waals surface area (Å²) in [5.74, 6) is -21.1. The van der Waals surface area contributed by atoms with Crippen LogP contribution < -0.4 is 0 Å². The Morgan fingerprint density at radius 2 is 0.462 bits per heavy atom. The van der Waals surface area contributed by atoms with Crippen molar-refractivity contribution in [2.75, 3.05) is 0 Å². The summed E-state index contributed by atoms with van der Waals surface area (Å²) in [4.78, 5) is 12.5. The Morgan fingerprint density at radius 3 is 0.673 bits per heavy atom. The zero-order valence-electron chi connectivity index (χ0n) is 28.4. The lowest BCUT2D eigenvalue weighted by molar-refractivity contribution is 0.358. The van der Waals surface area contributed by atoms with E-state index in [4.69, 9.17) is 0 Å². The van der Waals surface area contributed by atoms with Crippen molar-refractivity contribution in [1.82, 2.24) is 19.9 Å². The zero-order chi connectivity index (χ0) is 38.0. The number of benzene rings is 2. The van der Waals surface area contributed by atoms with Crippen molar-refractivity contribution in [3.05, 3.63) is 163 Å². The summed E-state index contributed by atoms with van der Waals surface area (Å²) in [6.45, 7) is 9.44. The minimum atomic E-state index is -2.31. The quantitative estimate of drug-likeness (QED) is 0.0779. The maximum Gasteiger partial charge on any atom is 0.200 e. The van der Waals surface area contributed by atoms with E-state index >= 15 is 17.6 Å². The van der Waals surface area contributed by atoms with E-state index in [1.165, 1.54) is 38.1 Å². The van der Waals surface area contributed by atoms with Crippen LogP contribution in [0.5, 0.6) is 0 Å². The van der Waals surface area contributed by atoms with Gasteiger partial charge in [-0.2, -0.15) is 0 Å². The molecular formula is C38H30F10N4. The number of hydrogen-bond acceptors (Lipinski definition) is 0. The number of nitrogens with one attached hydrogen (secondary N) is 4. The molecule has 8 bridgehead atoms. The van der Waals surface area contributed by atoms with Crippen LogP contribution in [0.25, 0.3) is 0 Å². The van der Waals surface area contributed by atoms with Crippen molar-refractivity contribution in [3.63, 3.8) is 0 Å². The highest BCUT2D eigenvalue weighted by atomic mass is 19.2. The molecule has 272 valence electrons. The first-order valence-electron chi connectivity index (χ1n) is 16.0. The number of rotatable bonds is 2. The van der Waals surface area contributed by atoms with Crippen molar-refractivity contribution in [2.24, 2.45) is 0 Å². The third kappa shape index (κ3) is 4.48. The second-order valence-electron chi connectivity index (χ2n) is 14.5. The highest BCUT2D eigenvalue weighted by Gasteiger charge is 2.46. The minimum absolute atomic E-state index is 0.0391. The van der Waals surface area contributed by atoms with Crippen LogP contribution in [0.2, 0.25) is 0 Å². The first-order valence-corrected chi connectivity index (χ1v) is 16.0. The summed E-state index contributed by atoms with van der Waals surface area (Å²) in [7, 11) is 0. The third-order valence-electron chi connectivity index (χ3n) is 11.0. The zero-order valence-corrected chi connectivity index (χ0v) is 28.4. The van der Waals surface area contributed by atoms with Crippen LogP contribution in [0.4, 0.5) is 43.9 Å². The van der Waals surface area contributed by atoms with E-state index in [0.29, 0.717) is 22.8 Å². The van der Waals surface area contributed by atoms with Gasteiger partial charge in [-0.3, -0.25) is 0 Å². The van der Waals surface area contributed by atoms with Crippen LogP contribution in [0.15, 0.2) is 48.5 Å². The summed E-state index contributed by atoms with van der Waals surface area (Å²) in [5.41, 5.74) is -6.87. The Labute approximate surface area is 290 Å². The molecule has 52 heavy (non-hydrogen) atoms. The molecule has 4 aromatic heterocycles. The summed E-state index contributed by atoms with van der Waals surface area (Å²) < 4.78 is 150. The number of H-pyrrole nitrogens is 4. The predicted molar refractivity (Wildman–Crippen MR) is 171 cm³/mol. The van der Waals surface area contributed by atoms with Crippen LogP contribution in [-0.4, -0.2) is 19.9 Å². The molecule has 5 heterocycles. The molecule has 14 heteroatoms. The Balaban J connectivity index is 1.56. The minimum Gasteiger partial charge on any atom is -0.360 e. The molecule has 6 aromatic rings. The average molecular weight is 733 g/mol. The molecule has 0 unspecified atom stereocenters. The normalized spacial score (nSPS) is 20.8. The molecule has 0 radical (unpaired) electrons. The van der Waals surface area contributed by atoms with Gasteiger partial charge in [0.2, 0.25) is 11.6 Å². The van der Waals surface area contributed by atoms with E-state index in [1.54, 1.807) is 52.0 Å². The lowest BCUT2D eigenvalue weighted by Crippen LogP contribution is -2.33. The lowest BCUT2D eigenvalue weighted by Gasteiger charge is -2.32. The van der Waals surface area contributed by atoms with Crippen molar-refractivity contribution in [1.29, 1.82) is 0 Å². The maximum atomic E-state index is 15.7. The fourth-order valence-corrected chi connectivity index (χ4v) is 7.41. The lowest BCUT2D eigenvalue weighted by atomic mass is 9.76. The Hall–Kier alpha value is -5.14. The monoisotopic (exact) mass is 732 g/mol. The van der Waals surface area contributed by atoms with Crippen molar-refractivity contribution in [2.45, 2.75) is 63.2 Å². The first-order chi connectivity index (χ1) is 24.2. The molecule has 0 saturated heterocycles. The smallest absolute Gasteiger partial charge is 0.200 e. The van der Waals surface area contributed by atoms with Crippen molar-refractivity contribution >= 4 is 0 Å². The fourth-order valence-electron chi connectivity index (χ4n) is 7.41. The molecule has 0 fully saturated rings. The van der Waals surface area contributed by atoms with Crippen LogP contribution >= 0.6 is 0 Å². The third-order valence-corrected chi connectivity index (χ3v) is 11.0. The maximum absolute atomic E-state index is 15.7. The Kier molecular flexibility index (Phi) is 7.58. The molecule has 7 rings (SSSR count). The molecule has 0 amide bonds. The molecular weight excluding hydrogens is 702 g/mol. The van der Waals surface area contributed by atoms with Crippen molar-refractivity contribution < 1.29 is 43.9 Å². The van der Waals surface area contributed by atoms with Crippen LogP contribution in [0.1, 0.15) is 98.2 Å². The number of hydrogen-bond donors (Lipinski definition) is 4. The molecule has 1 aliphatic rings. The molecule has 0 aliphatic carbocycles. The van der Waals surface area contributed by atoms with Gasteiger partial charge in [-0.05, 0) is 90.1 Å². The van der Waals surface area contributed by atoms with Crippen molar-refractivity contribution in [3.8, 4) is 0 Å². The fraction of sp³-hybridized carbons (Fsp3) is 0.263. The first kappa shape index (κ1) is 35.3. The number of aromatic amines is 4. The largest absolute Gasteiger partial charge is 0.360 e. The topological polar surface area (TPSA) is 63.2 Å². The average Bonchev–Trinajstić information content (AvgIpc) is 3.94. The highest BCUT2D eigenvalue weighted by molar-refractivity contribution is 5.53. The van der Waals surface area contributed by atoms with Gasteiger partial charge in [-0.15, -0.1) is 0 Å². The van der Waals surface area contributed by atoms with Crippen LogP contribution in [0, 0.1) is 58.2 Å². The van der Waals surface area contributed by atoms with Gasteiger partial charge in [-0.1, -0.05) is 0 Å². The number of halogens is 10. The van der Waals surface area contributed by atoms with Gasteiger partial charge < -0.3 is 19.9 Å². The van der Waals surface area contributed by atoms with E-state index in [0.717, 1.165) is 0 Å². The summed E-state index contributed by atoms with van der Waals surface area (Å²) in [6.07, 6.45) is 0. The molecule has 0 atom stereocenters. The Bertz CT molecular complexity index is 2110. The van der Waals surface area contributed by atoms with E-state index in [1.807, 2.05) is 0 Å². The van der Waals surface area contributed by atoms with E-state index < -0.39 is 91.0 Å². The van der Waals surface area contributed by atoms with Gasteiger partial charge in [-0.25, -0.2) is 43.9 Å². The van der Waals surface area contributed by atoms with Gasteiger partial charge in [0.05, 0.1) is 10.8 Å². The van der Waals surface area contributed by atoms with Crippen LogP contribution in [-0.2, 0) is 21.7 Å². The second-order valence-corrected chi connectivity index (χ2v) is 14.5. The van der Waals surface area contributed by atoms with Gasteiger partial charge in [0, 0.05) is 67.5 Å². The molecule has 0 spiro atoms. The van der Waals surface area contributed by atoms with Gasteiger partial charge in [0.15, 0.2) is 46.5 Å². The van der Waals surface area contributed by atoms with Gasteiger partial charge >= 0.3 is 0 Å². The van der Waals surface area contributed by atoms with E-state index in [2.05, 4.69) is 19.9 Å². The van der Waals surface area contributed by atoms with Crippen LogP contribution in [0.3, 0.4) is 0 Å². The van der Waals surface area contributed by atoms with E-state index in [-0.39, 0.29) is 22.8 Å². The summed E-state index contributed by atoms with van der Waals surface area (Å²) >= 11 is 0.